The highest BCUT2D eigenvalue weighted by molar-refractivity contribution is 7.92. The van der Waals surface area contributed by atoms with E-state index in [-0.39, 0.29) is 5.75 Å². The van der Waals surface area contributed by atoms with Crippen molar-refractivity contribution in [3.05, 3.63) is 23.8 Å². The van der Waals surface area contributed by atoms with Crippen molar-refractivity contribution in [3.8, 4) is 11.5 Å². The van der Waals surface area contributed by atoms with E-state index in [0.29, 0.717) is 37.9 Å². The van der Waals surface area contributed by atoms with Crippen LogP contribution in [0.4, 0.5) is 0 Å². The molecule has 0 spiro atoms. The number of rotatable bonds is 5. The second-order valence-corrected chi connectivity index (χ2v) is 9.59. The summed E-state index contributed by atoms with van der Waals surface area (Å²) in [5.74, 6) is 2.29. The molecule has 0 bridgehead atoms. The Bertz CT molecular complexity index is 760. The molecule has 1 aromatic carbocycles. The second-order valence-electron chi connectivity index (χ2n) is 6.85. The number of methoxy groups -OCH3 is 2. The Hall–Kier alpha value is -1.96. The summed E-state index contributed by atoms with van der Waals surface area (Å²) in [6, 6.07) is 5.63. The molecule has 1 aromatic rings. The largest absolute Gasteiger partial charge is 0.497 e. The van der Waals surface area contributed by atoms with Crippen LogP contribution in [0.1, 0.15) is 26.3 Å². The van der Waals surface area contributed by atoms with Gasteiger partial charge >= 0.3 is 0 Å². The Morgan fingerprint density at radius 2 is 2.04 bits per heavy atom. The summed E-state index contributed by atoms with van der Waals surface area (Å²) in [6.45, 7) is 7.53. The summed E-state index contributed by atoms with van der Waals surface area (Å²) in [6.07, 6.45) is 0. The lowest BCUT2D eigenvalue weighted by Gasteiger charge is -2.39. The van der Waals surface area contributed by atoms with E-state index < -0.39 is 14.6 Å². The number of ether oxygens (including phenoxy) is 2. The van der Waals surface area contributed by atoms with Crippen LogP contribution in [0, 0.1) is 0 Å². The van der Waals surface area contributed by atoms with Gasteiger partial charge in [0.05, 0.1) is 31.3 Å². The van der Waals surface area contributed by atoms with Crippen molar-refractivity contribution in [1.29, 1.82) is 0 Å². The van der Waals surface area contributed by atoms with E-state index in [0.717, 1.165) is 11.3 Å². The molecule has 1 aliphatic rings. The van der Waals surface area contributed by atoms with Crippen LogP contribution < -0.4 is 14.8 Å². The highest BCUT2D eigenvalue weighted by atomic mass is 32.2. The zero-order chi connectivity index (χ0) is 19.4. The molecule has 1 saturated heterocycles. The van der Waals surface area contributed by atoms with Gasteiger partial charge in [-0.3, -0.25) is 0 Å². The average Bonchev–Trinajstić information content (AvgIpc) is 2.61. The molecule has 0 amide bonds. The van der Waals surface area contributed by atoms with Crippen LogP contribution in [0.2, 0.25) is 0 Å². The molecule has 2 rings (SSSR count). The first-order valence-electron chi connectivity index (χ1n) is 8.70. The van der Waals surface area contributed by atoms with Crippen molar-refractivity contribution in [2.75, 3.05) is 39.6 Å². The third-order valence-corrected chi connectivity index (χ3v) is 7.10. The summed E-state index contributed by atoms with van der Waals surface area (Å²) in [7, 11) is 0.143. The molecule has 0 aromatic heterocycles. The van der Waals surface area contributed by atoms with Gasteiger partial charge in [0.1, 0.15) is 11.5 Å². The molecule has 7 nitrogen and oxygen atoms in total. The normalized spacial score (nSPS) is 19.1. The molecule has 146 valence electrons. The second kappa shape index (κ2) is 8.16. The minimum Gasteiger partial charge on any atom is -0.497 e. The van der Waals surface area contributed by atoms with Gasteiger partial charge in [-0.25, -0.2) is 13.4 Å². The number of aliphatic imine (C=N–C) groups is 1. The lowest BCUT2D eigenvalue weighted by Crippen LogP contribution is -2.57. The van der Waals surface area contributed by atoms with Gasteiger partial charge in [-0.2, -0.15) is 0 Å². The molecule has 8 heteroatoms. The zero-order valence-corrected chi connectivity index (χ0v) is 17.0. The molecular formula is C18H29N3O4S. The molecule has 1 aliphatic heterocycles. The first kappa shape index (κ1) is 20.4. The highest BCUT2D eigenvalue weighted by Crippen LogP contribution is 2.26. The van der Waals surface area contributed by atoms with Crippen molar-refractivity contribution in [1.82, 2.24) is 10.2 Å². The predicted octanol–water partition coefficient (Wildman–Crippen LogP) is 1.68. The van der Waals surface area contributed by atoms with Crippen LogP contribution in [0.3, 0.4) is 0 Å². The molecule has 0 unspecified atom stereocenters. The van der Waals surface area contributed by atoms with Crippen molar-refractivity contribution >= 4 is 15.8 Å². The van der Waals surface area contributed by atoms with Crippen LogP contribution >= 0.6 is 0 Å². The summed E-state index contributed by atoms with van der Waals surface area (Å²) >= 11 is 0. The van der Waals surface area contributed by atoms with E-state index in [1.165, 1.54) is 0 Å². The van der Waals surface area contributed by atoms with Crippen molar-refractivity contribution < 1.29 is 17.9 Å². The standard InChI is InChI=1S/C18H29N3O4S/c1-6-19-17(21-9-10-26(22,23)18(2,3)13-21)20-12-14-7-8-15(24-4)11-16(14)25-5/h7-8,11H,6,9-10,12-13H2,1-5H3,(H,19,20). The van der Waals surface area contributed by atoms with Crippen LogP contribution in [0.15, 0.2) is 23.2 Å². The summed E-state index contributed by atoms with van der Waals surface area (Å²) in [4.78, 5) is 6.72. The first-order chi connectivity index (χ1) is 12.2. The number of nitrogens with zero attached hydrogens (tertiary/aromatic N) is 2. The van der Waals surface area contributed by atoms with E-state index in [9.17, 15) is 8.42 Å². The van der Waals surface area contributed by atoms with Gasteiger partial charge in [0.15, 0.2) is 15.8 Å². The Balaban J connectivity index is 2.22. The van der Waals surface area contributed by atoms with Crippen molar-refractivity contribution in [3.63, 3.8) is 0 Å². The Morgan fingerprint density at radius 1 is 1.31 bits per heavy atom. The molecule has 1 heterocycles. The van der Waals surface area contributed by atoms with Gasteiger partial charge in [0, 0.05) is 31.3 Å². The Morgan fingerprint density at radius 3 is 2.62 bits per heavy atom. The number of hydrogen-bond acceptors (Lipinski definition) is 5. The van der Waals surface area contributed by atoms with Crippen molar-refractivity contribution in [2.45, 2.75) is 32.1 Å². The van der Waals surface area contributed by atoms with E-state index in [4.69, 9.17) is 14.5 Å². The lowest BCUT2D eigenvalue weighted by molar-refractivity contribution is 0.353. The van der Waals surface area contributed by atoms with Gasteiger partial charge < -0.3 is 19.7 Å². The maximum absolute atomic E-state index is 12.2. The van der Waals surface area contributed by atoms with Crippen LogP contribution in [-0.4, -0.2) is 63.6 Å². The van der Waals surface area contributed by atoms with Gasteiger partial charge in [-0.05, 0) is 32.9 Å². The smallest absolute Gasteiger partial charge is 0.194 e. The van der Waals surface area contributed by atoms with Gasteiger partial charge in [-0.1, -0.05) is 0 Å². The minimum atomic E-state index is -3.09. The van der Waals surface area contributed by atoms with Crippen LogP contribution in [0.25, 0.3) is 0 Å². The van der Waals surface area contributed by atoms with Crippen LogP contribution in [0.5, 0.6) is 11.5 Å². The van der Waals surface area contributed by atoms with Gasteiger partial charge in [0.2, 0.25) is 0 Å². The minimum absolute atomic E-state index is 0.135. The quantitative estimate of drug-likeness (QED) is 0.616. The molecule has 0 aliphatic carbocycles. The summed E-state index contributed by atoms with van der Waals surface area (Å²) in [5.41, 5.74) is 0.938. The lowest BCUT2D eigenvalue weighted by atomic mass is 10.2. The molecular weight excluding hydrogens is 354 g/mol. The fourth-order valence-corrected chi connectivity index (χ4v) is 4.26. The Kier molecular flexibility index (Phi) is 6.39. The molecule has 0 radical (unpaired) electrons. The first-order valence-corrected chi connectivity index (χ1v) is 10.4. The van der Waals surface area contributed by atoms with E-state index in [2.05, 4.69) is 5.32 Å². The SMILES string of the molecule is CCNC(=NCc1ccc(OC)cc1OC)N1CCS(=O)(=O)C(C)(C)C1. The van der Waals surface area contributed by atoms with Crippen molar-refractivity contribution in [2.24, 2.45) is 4.99 Å². The van der Waals surface area contributed by atoms with E-state index in [1.807, 2.05) is 30.0 Å². The van der Waals surface area contributed by atoms with E-state index in [1.54, 1.807) is 28.1 Å². The molecule has 26 heavy (non-hydrogen) atoms. The topological polar surface area (TPSA) is 80.2 Å². The molecule has 0 atom stereocenters. The number of benzene rings is 1. The number of nitrogens with one attached hydrogen (secondary N) is 1. The number of guanidine groups is 1. The monoisotopic (exact) mass is 383 g/mol. The number of sulfone groups is 1. The van der Waals surface area contributed by atoms with Gasteiger partial charge in [-0.15, -0.1) is 0 Å². The summed E-state index contributed by atoms with van der Waals surface area (Å²) < 4.78 is 34.3. The zero-order valence-electron chi connectivity index (χ0n) is 16.2. The molecule has 1 fully saturated rings. The highest BCUT2D eigenvalue weighted by Gasteiger charge is 2.40. The third kappa shape index (κ3) is 4.41. The predicted molar refractivity (Wildman–Crippen MR) is 104 cm³/mol. The van der Waals surface area contributed by atoms with Gasteiger partial charge in [0.25, 0.3) is 0 Å². The van der Waals surface area contributed by atoms with Crippen LogP contribution in [-0.2, 0) is 16.4 Å². The fourth-order valence-electron chi connectivity index (χ4n) is 2.89. The number of hydrogen-bond donors (Lipinski definition) is 1. The fraction of sp³-hybridized carbons (Fsp3) is 0.611. The maximum atomic E-state index is 12.2. The summed E-state index contributed by atoms with van der Waals surface area (Å²) in [5, 5.41) is 3.26. The van der Waals surface area contributed by atoms with E-state index >= 15 is 0 Å². The average molecular weight is 384 g/mol. The molecule has 1 N–H and O–H groups in total. The third-order valence-electron chi connectivity index (χ3n) is 4.57. The molecule has 0 saturated carbocycles. The maximum Gasteiger partial charge on any atom is 0.194 e. The Labute approximate surface area is 156 Å².